The van der Waals surface area contributed by atoms with Gasteiger partial charge in [-0.1, -0.05) is 36.4 Å². The van der Waals surface area contributed by atoms with Gasteiger partial charge in [0.15, 0.2) is 0 Å². The third kappa shape index (κ3) is 2.46. The summed E-state index contributed by atoms with van der Waals surface area (Å²) < 4.78 is 0. The van der Waals surface area contributed by atoms with Crippen LogP contribution < -0.4 is 5.73 Å². The molecule has 1 atom stereocenters. The van der Waals surface area contributed by atoms with Crippen molar-refractivity contribution < 1.29 is 9.90 Å². The second-order valence-electron chi connectivity index (χ2n) is 4.62. The van der Waals surface area contributed by atoms with Crippen molar-refractivity contribution in [1.29, 1.82) is 0 Å². The molecule has 0 bridgehead atoms. The molecule has 0 saturated carbocycles. The number of aliphatic carboxylic acids is 1. The van der Waals surface area contributed by atoms with Crippen LogP contribution in [-0.4, -0.2) is 11.1 Å². The molecule has 0 amide bonds. The summed E-state index contributed by atoms with van der Waals surface area (Å²) >= 11 is 0. The van der Waals surface area contributed by atoms with Crippen LogP contribution in [0.4, 0.5) is 0 Å². The summed E-state index contributed by atoms with van der Waals surface area (Å²) in [5, 5.41) is 13.4. The fourth-order valence-electron chi connectivity index (χ4n) is 2.29. The third-order valence-corrected chi connectivity index (χ3v) is 3.35. The van der Waals surface area contributed by atoms with Gasteiger partial charge in [-0.25, -0.2) is 0 Å². The van der Waals surface area contributed by atoms with Gasteiger partial charge in [0.2, 0.25) is 0 Å². The van der Waals surface area contributed by atoms with Crippen molar-refractivity contribution in [2.24, 2.45) is 5.73 Å². The highest BCUT2D eigenvalue weighted by Crippen LogP contribution is 2.25. The van der Waals surface area contributed by atoms with E-state index in [-0.39, 0.29) is 12.4 Å². The lowest BCUT2D eigenvalue weighted by molar-refractivity contribution is -0.138. The molecule has 0 unspecified atom stereocenters. The standard InChI is InChI=1S/C16H13NO2.ClH/c17-15(16(18)19)13-6-5-12-7-10-3-1-2-4-11(10)8-14(12)9-13;/h1-9,15H,17H2,(H,18,19);1H/t15-;/m1./s1. The predicted octanol–water partition coefficient (Wildman–Crippen LogP) is 3.50. The first-order valence-corrected chi connectivity index (χ1v) is 6.06. The number of hydrogen-bond donors (Lipinski definition) is 2. The summed E-state index contributed by atoms with van der Waals surface area (Å²) in [6.45, 7) is 0. The van der Waals surface area contributed by atoms with Gasteiger partial charge in [0, 0.05) is 0 Å². The lowest BCUT2D eigenvalue weighted by atomic mass is 9.99. The third-order valence-electron chi connectivity index (χ3n) is 3.35. The molecule has 3 N–H and O–H groups in total. The molecule has 102 valence electrons. The molecule has 0 saturated heterocycles. The van der Waals surface area contributed by atoms with Gasteiger partial charge in [-0.15, -0.1) is 12.4 Å². The molecule has 3 aromatic carbocycles. The van der Waals surface area contributed by atoms with Crippen LogP contribution in [0.2, 0.25) is 0 Å². The van der Waals surface area contributed by atoms with Crippen LogP contribution in [0, 0.1) is 0 Å². The summed E-state index contributed by atoms with van der Waals surface area (Å²) in [5.74, 6) is -1.01. The number of fused-ring (bicyclic) bond motifs is 2. The number of carboxylic acid groups (broad SMARTS) is 1. The minimum atomic E-state index is -1.01. The zero-order valence-electron chi connectivity index (χ0n) is 10.6. The highest BCUT2D eigenvalue weighted by Gasteiger charge is 2.14. The molecule has 0 aliphatic carbocycles. The number of hydrogen-bond acceptors (Lipinski definition) is 2. The molecular weight excluding hydrogens is 274 g/mol. The van der Waals surface area contributed by atoms with Gasteiger partial charge in [-0.3, -0.25) is 4.79 Å². The normalized spacial score (nSPS) is 12.1. The summed E-state index contributed by atoms with van der Waals surface area (Å²) in [6.07, 6.45) is 0. The Bertz CT molecular complexity index is 786. The number of benzene rings is 3. The summed E-state index contributed by atoms with van der Waals surface area (Å²) in [5.41, 5.74) is 6.26. The molecule has 0 aromatic heterocycles. The lowest BCUT2D eigenvalue weighted by Gasteiger charge is -2.09. The maximum Gasteiger partial charge on any atom is 0.325 e. The van der Waals surface area contributed by atoms with Gasteiger partial charge in [0.1, 0.15) is 6.04 Å². The van der Waals surface area contributed by atoms with E-state index in [0.717, 1.165) is 16.2 Å². The largest absolute Gasteiger partial charge is 0.480 e. The molecule has 0 heterocycles. The van der Waals surface area contributed by atoms with Gasteiger partial charge in [0.05, 0.1) is 0 Å². The predicted molar refractivity (Wildman–Crippen MR) is 83.3 cm³/mol. The fourth-order valence-corrected chi connectivity index (χ4v) is 2.29. The van der Waals surface area contributed by atoms with Crippen molar-refractivity contribution in [2.75, 3.05) is 0 Å². The van der Waals surface area contributed by atoms with Crippen LogP contribution >= 0.6 is 12.4 Å². The summed E-state index contributed by atoms with van der Waals surface area (Å²) in [6, 6.07) is 16.8. The van der Waals surface area contributed by atoms with E-state index in [1.54, 1.807) is 6.07 Å². The Kier molecular flexibility index (Phi) is 3.93. The van der Waals surface area contributed by atoms with Gasteiger partial charge >= 0.3 is 5.97 Å². The van der Waals surface area contributed by atoms with Crippen LogP contribution in [0.5, 0.6) is 0 Å². The second-order valence-corrected chi connectivity index (χ2v) is 4.62. The van der Waals surface area contributed by atoms with Gasteiger partial charge in [-0.05, 0) is 45.3 Å². The SMILES string of the molecule is Cl.N[C@@H](C(=O)O)c1ccc2cc3ccccc3cc2c1. The van der Waals surface area contributed by atoms with Gasteiger partial charge in [-0.2, -0.15) is 0 Å². The van der Waals surface area contributed by atoms with E-state index < -0.39 is 12.0 Å². The Balaban J connectivity index is 0.00000147. The molecular formula is C16H14ClNO2. The second kappa shape index (κ2) is 5.49. The molecule has 3 rings (SSSR count). The van der Waals surface area contributed by atoms with E-state index in [1.165, 1.54) is 5.39 Å². The quantitative estimate of drug-likeness (QED) is 0.709. The molecule has 20 heavy (non-hydrogen) atoms. The van der Waals surface area contributed by atoms with Crippen LogP contribution in [0.25, 0.3) is 21.5 Å². The number of rotatable bonds is 2. The zero-order valence-corrected chi connectivity index (χ0v) is 11.4. The zero-order chi connectivity index (χ0) is 13.4. The van der Waals surface area contributed by atoms with E-state index in [9.17, 15) is 4.79 Å². The topological polar surface area (TPSA) is 63.3 Å². The van der Waals surface area contributed by atoms with Crippen molar-refractivity contribution in [2.45, 2.75) is 6.04 Å². The average Bonchev–Trinajstić information content (AvgIpc) is 2.43. The van der Waals surface area contributed by atoms with Crippen molar-refractivity contribution >= 4 is 39.9 Å². The van der Waals surface area contributed by atoms with E-state index in [4.69, 9.17) is 10.8 Å². The fraction of sp³-hybridized carbons (Fsp3) is 0.0625. The van der Waals surface area contributed by atoms with Crippen molar-refractivity contribution in [3.63, 3.8) is 0 Å². The van der Waals surface area contributed by atoms with Crippen LogP contribution in [-0.2, 0) is 4.79 Å². The van der Waals surface area contributed by atoms with Crippen LogP contribution in [0.3, 0.4) is 0 Å². The van der Waals surface area contributed by atoms with Crippen LogP contribution in [0.15, 0.2) is 54.6 Å². The van der Waals surface area contributed by atoms with Crippen molar-refractivity contribution in [3.05, 3.63) is 60.2 Å². The van der Waals surface area contributed by atoms with E-state index in [2.05, 4.69) is 18.2 Å². The first kappa shape index (κ1) is 14.3. The van der Waals surface area contributed by atoms with E-state index >= 15 is 0 Å². The molecule has 0 aliphatic heterocycles. The maximum atomic E-state index is 10.9. The van der Waals surface area contributed by atoms with E-state index in [1.807, 2.05) is 30.3 Å². The number of carbonyl (C=O) groups is 1. The van der Waals surface area contributed by atoms with Gasteiger partial charge in [0.25, 0.3) is 0 Å². The highest BCUT2D eigenvalue weighted by molar-refractivity contribution is 5.98. The molecule has 0 radical (unpaired) electrons. The molecule has 0 aliphatic rings. The molecule has 3 aromatic rings. The molecule has 3 nitrogen and oxygen atoms in total. The molecule has 0 fully saturated rings. The first-order chi connectivity index (χ1) is 9.15. The Morgan fingerprint density at radius 1 is 0.900 bits per heavy atom. The molecule has 4 heteroatoms. The summed E-state index contributed by atoms with van der Waals surface area (Å²) in [4.78, 5) is 10.9. The number of nitrogens with two attached hydrogens (primary N) is 1. The minimum Gasteiger partial charge on any atom is -0.480 e. The van der Waals surface area contributed by atoms with Gasteiger partial charge < -0.3 is 10.8 Å². The van der Waals surface area contributed by atoms with Crippen LogP contribution in [0.1, 0.15) is 11.6 Å². The maximum absolute atomic E-state index is 10.9. The first-order valence-electron chi connectivity index (χ1n) is 6.06. The highest BCUT2D eigenvalue weighted by atomic mass is 35.5. The average molecular weight is 288 g/mol. The van der Waals surface area contributed by atoms with Crippen molar-refractivity contribution in [1.82, 2.24) is 0 Å². The van der Waals surface area contributed by atoms with Crippen molar-refractivity contribution in [3.8, 4) is 0 Å². The monoisotopic (exact) mass is 287 g/mol. The van der Waals surface area contributed by atoms with E-state index in [0.29, 0.717) is 5.56 Å². The lowest BCUT2D eigenvalue weighted by Crippen LogP contribution is -2.20. The Labute approximate surface area is 122 Å². The Morgan fingerprint density at radius 3 is 2.05 bits per heavy atom. The summed E-state index contributed by atoms with van der Waals surface area (Å²) in [7, 11) is 0. The minimum absolute atomic E-state index is 0. The Hall–Kier alpha value is -2.10. The molecule has 0 spiro atoms. The Morgan fingerprint density at radius 2 is 1.45 bits per heavy atom. The number of carboxylic acids is 1. The smallest absolute Gasteiger partial charge is 0.325 e. The number of halogens is 1.